The number of ether oxygens (including phenoxy) is 3. The molecule has 0 fully saturated rings. The zero-order valence-electron chi connectivity index (χ0n) is 15.7. The van der Waals surface area contributed by atoms with Crippen molar-refractivity contribution in [3.05, 3.63) is 29.3 Å². The minimum absolute atomic E-state index is 0.254. The molecule has 0 bridgehead atoms. The fourth-order valence-corrected chi connectivity index (χ4v) is 1.95. The molecular weight excluding hydrogens is 306 g/mol. The lowest BCUT2D eigenvalue weighted by Crippen LogP contribution is -2.45. The third-order valence-electron chi connectivity index (χ3n) is 3.67. The number of hydrogen-bond acceptors (Lipinski definition) is 4. The van der Waals surface area contributed by atoms with Gasteiger partial charge in [0.2, 0.25) is 0 Å². The van der Waals surface area contributed by atoms with Crippen LogP contribution < -0.4 is 15.4 Å². The van der Waals surface area contributed by atoms with Crippen molar-refractivity contribution < 1.29 is 14.2 Å². The summed E-state index contributed by atoms with van der Waals surface area (Å²) in [6.07, 6.45) is 0. The molecule has 0 aliphatic rings. The number of nitrogens with one attached hydrogen (secondary N) is 2. The Balaban J connectivity index is 2.64. The lowest BCUT2D eigenvalue weighted by atomic mass is 10.1. The van der Waals surface area contributed by atoms with Crippen LogP contribution in [0.1, 0.15) is 25.0 Å². The van der Waals surface area contributed by atoms with Crippen molar-refractivity contribution in [2.45, 2.75) is 32.9 Å². The quantitative estimate of drug-likeness (QED) is 0.410. The van der Waals surface area contributed by atoms with Gasteiger partial charge in [-0.2, -0.15) is 0 Å². The van der Waals surface area contributed by atoms with Crippen LogP contribution in [0.25, 0.3) is 0 Å². The Morgan fingerprint density at radius 3 is 2.54 bits per heavy atom. The summed E-state index contributed by atoms with van der Waals surface area (Å²) in [6.45, 7) is 8.47. The minimum Gasteiger partial charge on any atom is -0.491 e. The molecule has 0 saturated carbocycles. The van der Waals surface area contributed by atoms with E-state index in [0.29, 0.717) is 26.3 Å². The van der Waals surface area contributed by atoms with Crippen LogP contribution in [0.3, 0.4) is 0 Å². The summed E-state index contributed by atoms with van der Waals surface area (Å²) >= 11 is 0. The van der Waals surface area contributed by atoms with E-state index in [1.165, 1.54) is 0 Å². The van der Waals surface area contributed by atoms with Crippen LogP contribution in [0.4, 0.5) is 0 Å². The molecular formula is C18H31N3O3. The summed E-state index contributed by atoms with van der Waals surface area (Å²) in [4.78, 5) is 4.24. The van der Waals surface area contributed by atoms with Crippen molar-refractivity contribution in [2.24, 2.45) is 4.99 Å². The lowest BCUT2D eigenvalue weighted by Gasteiger charge is -2.24. The molecule has 0 aliphatic carbocycles. The number of guanidine groups is 1. The standard InChI is InChI=1S/C18H31N3O3/c1-14-7-8-15(16(11-14)24-10-9-22-5)12-20-17(19-4)21-13-18(2,3)23-6/h7-8,11H,9-10,12-13H2,1-6H3,(H2,19,20,21). The van der Waals surface area contributed by atoms with Gasteiger partial charge in [0.1, 0.15) is 12.4 Å². The zero-order valence-corrected chi connectivity index (χ0v) is 15.7. The third-order valence-corrected chi connectivity index (χ3v) is 3.67. The van der Waals surface area contributed by atoms with Gasteiger partial charge in [0.05, 0.1) is 12.2 Å². The van der Waals surface area contributed by atoms with Crippen LogP contribution in [0, 0.1) is 6.92 Å². The average molecular weight is 337 g/mol. The van der Waals surface area contributed by atoms with Crippen LogP contribution in [-0.4, -0.2) is 52.6 Å². The molecule has 136 valence electrons. The fourth-order valence-electron chi connectivity index (χ4n) is 1.95. The SMILES string of the molecule is CN=C(NCc1ccc(C)cc1OCCOC)NCC(C)(C)OC. The van der Waals surface area contributed by atoms with Crippen LogP contribution in [0.2, 0.25) is 0 Å². The normalized spacial score (nSPS) is 12.2. The summed E-state index contributed by atoms with van der Waals surface area (Å²) in [5.41, 5.74) is 1.98. The Labute approximate surface area is 145 Å². The van der Waals surface area contributed by atoms with Crippen molar-refractivity contribution in [3.63, 3.8) is 0 Å². The van der Waals surface area contributed by atoms with E-state index in [-0.39, 0.29) is 5.60 Å². The predicted octanol–water partition coefficient (Wildman–Crippen LogP) is 2.11. The Morgan fingerprint density at radius 1 is 1.17 bits per heavy atom. The smallest absolute Gasteiger partial charge is 0.191 e. The van der Waals surface area contributed by atoms with Gasteiger partial charge in [-0.05, 0) is 32.4 Å². The highest BCUT2D eigenvalue weighted by Crippen LogP contribution is 2.20. The van der Waals surface area contributed by atoms with Crippen LogP contribution in [-0.2, 0) is 16.0 Å². The molecule has 0 unspecified atom stereocenters. The van der Waals surface area contributed by atoms with Crippen molar-refractivity contribution in [2.75, 3.05) is 41.0 Å². The molecule has 2 N–H and O–H groups in total. The van der Waals surface area contributed by atoms with E-state index in [1.807, 2.05) is 26.8 Å². The Kier molecular flexibility index (Phi) is 8.57. The number of aliphatic imine (C=N–C) groups is 1. The van der Waals surface area contributed by atoms with E-state index in [4.69, 9.17) is 14.2 Å². The van der Waals surface area contributed by atoms with Crippen molar-refractivity contribution in [1.29, 1.82) is 0 Å². The largest absolute Gasteiger partial charge is 0.491 e. The summed E-state index contributed by atoms with van der Waals surface area (Å²) in [6, 6.07) is 6.18. The maximum Gasteiger partial charge on any atom is 0.191 e. The molecule has 1 aromatic carbocycles. The van der Waals surface area contributed by atoms with Crippen LogP contribution in [0.15, 0.2) is 23.2 Å². The zero-order chi connectivity index (χ0) is 18.0. The maximum atomic E-state index is 5.81. The first kappa shape index (κ1) is 20.3. The van der Waals surface area contributed by atoms with Crippen LogP contribution in [0.5, 0.6) is 5.75 Å². The highest BCUT2D eigenvalue weighted by molar-refractivity contribution is 5.79. The van der Waals surface area contributed by atoms with Gasteiger partial charge in [0, 0.05) is 39.9 Å². The van der Waals surface area contributed by atoms with Gasteiger partial charge in [-0.15, -0.1) is 0 Å². The van der Waals surface area contributed by atoms with Gasteiger partial charge in [-0.1, -0.05) is 12.1 Å². The van der Waals surface area contributed by atoms with Crippen molar-refractivity contribution in [3.8, 4) is 5.75 Å². The summed E-state index contributed by atoms with van der Waals surface area (Å²) in [7, 11) is 5.12. The molecule has 0 amide bonds. The summed E-state index contributed by atoms with van der Waals surface area (Å²) in [5, 5.41) is 6.57. The second-order valence-electron chi connectivity index (χ2n) is 6.20. The second kappa shape index (κ2) is 10.2. The molecule has 24 heavy (non-hydrogen) atoms. The molecule has 0 aliphatic heterocycles. The van der Waals surface area contributed by atoms with Gasteiger partial charge in [0.25, 0.3) is 0 Å². The van der Waals surface area contributed by atoms with Gasteiger partial charge < -0.3 is 24.8 Å². The minimum atomic E-state index is -0.254. The summed E-state index contributed by atoms with van der Waals surface area (Å²) in [5.74, 6) is 1.59. The van der Waals surface area contributed by atoms with Gasteiger partial charge in [0.15, 0.2) is 5.96 Å². The molecule has 6 heteroatoms. The number of nitrogens with zero attached hydrogens (tertiary/aromatic N) is 1. The van der Waals surface area contributed by atoms with Gasteiger partial charge in [-0.3, -0.25) is 4.99 Å². The average Bonchev–Trinajstić information content (AvgIpc) is 2.56. The first-order valence-corrected chi connectivity index (χ1v) is 8.13. The Morgan fingerprint density at radius 2 is 1.92 bits per heavy atom. The second-order valence-corrected chi connectivity index (χ2v) is 6.20. The monoisotopic (exact) mass is 337 g/mol. The van der Waals surface area contributed by atoms with E-state index in [2.05, 4.69) is 27.8 Å². The number of benzene rings is 1. The van der Waals surface area contributed by atoms with Crippen molar-refractivity contribution in [1.82, 2.24) is 10.6 Å². The number of hydrogen-bond donors (Lipinski definition) is 2. The highest BCUT2D eigenvalue weighted by atomic mass is 16.5. The van der Waals surface area contributed by atoms with E-state index < -0.39 is 0 Å². The molecule has 6 nitrogen and oxygen atoms in total. The molecule has 0 atom stereocenters. The molecule has 0 radical (unpaired) electrons. The van der Waals surface area contributed by atoms with Gasteiger partial charge in [-0.25, -0.2) is 0 Å². The third kappa shape index (κ3) is 7.19. The molecule has 0 spiro atoms. The molecule has 0 heterocycles. The molecule has 0 aromatic heterocycles. The fraction of sp³-hybridized carbons (Fsp3) is 0.611. The molecule has 1 rings (SSSR count). The molecule has 1 aromatic rings. The number of methoxy groups -OCH3 is 2. The van der Waals surface area contributed by atoms with Crippen LogP contribution >= 0.6 is 0 Å². The predicted molar refractivity (Wildman–Crippen MR) is 97.8 cm³/mol. The van der Waals surface area contributed by atoms with E-state index in [0.717, 1.165) is 22.8 Å². The highest BCUT2D eigenvalue weighted by Gasteiger charge is 2.16. The number of aryl methyl sites for hydroxylation is 1. The van der Waals surface area contributed by atoms with Gasteiger partial charge >= 0.3 is 0 Å². The first-order valence-electron chi connectivity index (χ1n) is 8.13. The van der Waals surface area contributed by atoms with E-state index in [1.54, 1.807) is 21.3 Å². The topological polar surface area (TPSA) is 64.1 Å². The lowest BCUT2D eigenvalue weighted by molar-refractivity contribution is 0.0268. The van der Waals surface area contributed by atoms with E-state index >= 15 is 0 Å². The summed E-state index contributed by atoms with van der Waals surface area (Å²) < 4.78 is 16.3. The first-order chi connectivity index (χ1) is 11.4. The van der Waals surface area contributed by atoms with E-state index in [9.17, 15) is 0 Å². The van der Waals surface area contributed by atoms with Crippen molar-refractivity contribution >= 4 is 5.96 Å². The molecule has 0 saturated heterocycles. The number of rotatable bonds is 9. The maximum absolute atomic E-state index is 5.81. The Bertz CT molecular complexity index is 530. The Hall–Kier alpha value is -1.79.